The highest BCUT2D eigenvalue weighted by molar-refractivity contribution is 5.21. The van der Waals surface area contributed by atoms with Crippen LogP contribution in [-0.4, -0.2) is 42.8 Å². The fourth-order valence-electron chi connectivity index (χ4n) is 2.98. The van der Waals surface area contributed by atoms with E-state index >= 15 is 0 Å². The Morgan fingerprint density at radius 2 is 2.20 bits per heavy atom. The van der Waals surface area contributed by atoms with Crippen molar-refractivity contribution in [3.63, 3.8) is 0 Å². The van der Waals surface area contributed by atoms with Crippen LogP contribution < -0.4 is 5.32 Å². The Morgan fingerprint density at radius 3 is 2.80 bits per heavy atom. The van der Waals surface area contributed by atoms with Gasteiger partial charge in [-0.1, -0.05) is 18.2 Å². The molecule has 2 N–H and O–H groups in total. The molecular weight excluding hydrogens is 255 g/mol. The van der Waals surface area contributed by atoms with Gasteiger partial charge in [-0.25, -0.2) is 4.39 Å². The Labute approximate surface area is 120 Å². The van der Waals surface area contributed by atoms with E-state index in [4.69, 9.17) is 0 Å². The van der Waals surface area contributed by atoms with Crippen molar-refractivity contribution in [1.82, 2.24) is 10.2 Å². The molecule has 0 aliphatic carbocycles. The lowest BCUT2D eigenvalue weighted by Gasteiger charge is -2.22. The first-order valence-corrected chi connectivity index (χ1v) is 7.44. The van der Waals surface area contributed by atoms with Crippen LogP contribution >= 0.6 is 0 Å². The lowest BCUT2D eigenvalue weighted by Crippen LogP contribution is -2.28. The molecule has 0 bridgehead atoms. The Balaban J connectivity index is 1.88. The Morgan fingerprint density at radius 1 is 1.45 bits per heavy atom. The number of hydrogen-bond acceptors (Lipinski definition) is 3. The Hall–Kier alpha value is -0.970. The fourth-order valence-corrected chi connectivity index (χ4v) is 2.98. The maximum absolute atomic E-state index is 13.8. The maximum atomic E-state index is 13.8. The molecule has 1 heterocycles. The van der Waals surface area contributed by atoms with E-state index in [2.05, 4.69) is 10.2 Å². The van der Waals surface area contributed by atoms with Crippen LogP contribution in [0.15, 0.2) is 24.3 Å². The molecule has 0 amide bonds. The minimum Gasteiger partial charge on any atom is -0.393 e. The van der Waals surface area contributed by atoms with Crippen molar-refractivity contribution in [2.24, 2.45) is 5.92 Å². The predicted octanol–water partition coefficient (Wildman–Crippen LogP) is 2.18. The summed E-state index contributed by atoms with van der Waals surface area (Å²) in [5.41, 5.74) is 0.737. The molecule has 3 unspecified atom stereocenters. The monoisotopic (exact) mass is 280 g/mol. The molecule has 1 saturated heterocycles. The quantitative estimate of drug-likeness (QED) is 0.838. The third-order valence-electron chi connectivity index (χ3n) is 4.35. The summed E-state index contributed by atoms with van der Waals surface area (Å²) in [6.07, 6.45) is 1.71. The van der Waals surface area contributed by atoms with Crippen molar-refractivity contribution in [3.8, 4) is 0 Å². The van der Waals surface area contributed by atoms with Crippen molar-refractivity contribution in [1.29, 1.82) is 0 Å². The van der Waals surface area contributed by atoms with Gasteiger partial charge in [-0.15, -0.1) is 0 Å². The van der Waals surface area contributed by atoms with Crippen LogP contribution in [0, 0.1) is 11.7 Å². The summed E-state index contributed by atoms with van der Waals surface area (Å²) in [7, 11) is 1.87. The van der Waals surface area contributed by atoms with Crippen LogP contribution in [0.5, 0.6) is 0 Å². The van der Waals surface area contributed by atoms with Crippen molar-refractivity contribution < 1.29 is 9.50 Å². The van der Waals surface area contributed by atoms with Gasteiger partial charge in [0.1, 0.15) is 5.82 Å². The molecule has 0 aromatic heterocycles. The third-order valence-corrected chi connectivity index (χ3v) is 4.35. The molecular formula is C16H25FN2O. The van der Waals surface area contributed by atoms with Gasteiger partial charge < -0.3 is 15.3 Å². The van der Waals surface area contributed by atoms with Crippen molar-refractivity contribution in [2.45, 2.75) is 31.9 Å². The van der Waals surface area contributed by atoms with E-state index in [1.54, 1.807) is 6.07 Å². The topological polar surface area (TPSA) is 35.5 Å². The number of benzene rings is 1. The highest BCUT2D eigenvalue weighted by Crippen LogP contribution is 2.23. The van der Waals surface area contributed by atoms with Crippen LogP contribution in [0.4, 0.5) is 4.39 Å². The van der Waals surface area contributed by atoms with Crippen LogP contribution in [0.1, 0.15) is 31.4 Å². The maximum Gasteiger partial charge on any atom is 0.127 e. The molecule has 1 fully saturated rings. The van der Waals surface area contributed by atoms with E-state index in [0.29, 0.717) is 5.92 Å². The summed E-state index contributed by atoms with van der Waals surface area (Å²) < 4.78 is 13.8. The van der Waals surface area contributed by atoms with E-state index in [9.17, 15) is 9.50 Å². The zero-order valence-electron chi connectivity index (χ0n) is 12.3. The van der Waals surface area contributed by atoms with Gasteiger partial charge >= 0.3 is 0 Å². The van der Waals surface area contributed by atoms with Crippen molar-refractivity contribution in [2.75, 3.05) is 26.7 Å². The molecule has 20 heavy (non-hydrogen) atoms. The number of aliphatic hydroxyl groups is 1. The smallest absolute Gasteiger partial charge is 0.127 e. The average Bonchev–Trinajstić information content (AvgIpc) is 2.90. The zero-order valence-corrected chi connectivity index (χ0v) is 12.3. The number of rotatable bonds is 6. The Bertz CT molecular complexity index is 425. The second-order valence-electron chi connectivity index (χ2n) is 5.74. The van der Waals surface area contributed by atoms with Crippen LogP contribution in [-0.2, 0) is 0 Å². The fraction of sp³-hybridized carbons (Fsp3) is 0.625. The van der Waals surface area contributed by atoms with Crippen molar-refractivity contribution >= 4 is 0 Å². The number of halogens is 1. The van der Waals surface area contributed by atoms with Crippen LogP contribution in [0.2, 0.25) is 0 Å². The van der Waals surface area contributed by atoms with Gasteiger partial charge in [0.2, 0.25) is 0 Å². The summed E-state index contributed by atoms with van der Waals surface area (Å²) in [5.74, 6) is 0.242. The molecule has 3 nitrogen and oxygen atoms in total. The van der Waals surface area contributed by atoms with E-state index in [0.717, 1.165) is 38.0 Å². The highest BCUT2D eigenvalue weighted by atomic mass is 19.1. The van der Waals surface area contributed by atoms with Crippen LogP contribution in [0.3, 0.4) is 0 Å². The lowest BCUT2D eigenvalue weighted by molar-refractivity contribution is 0.127. The summed E-state index contributed by atoms with van der Waals surface area (Å²) in [5, 5.41) is 12.8. The second kappa shape index (κ2) is 7.16. The normalized spacial score (nSPS) is 22.9. The molecule has 4 heteroatoms. The van der Waals surface area contributed by atoms with E-state index in [-0.39, 0.29) is 18.0 Å². The van der Waals surface area contributed by atoms with Crippen molar-refractivity contribution in [3.05, 3.63) is 35.6 Å². The third kappa shape index (κ3) is 3.78. The minimum absolute atomic E-state index is 0.0433. The first-order chi connectivity index (χ1) is 9.61. The number of nitrogens with one attached hydrogen (secondary N) is 1. The summed E-state index contributed by atoms with van der Waals surface area (Å²) in [6, 6.07) is 7.00. The molecule has 1 aromatic carbocycles. The first-order valence-electron chi connectivity index (χ1n) is 7.44. The van der Waals surface area contributed by atoms with Gasteiger partial charge in [0.05, 0.1) is 6.10 Å². The number of likely N-dealkylation sites (tertiary alicyclic amines) is 1. The molecule has 2 rings (SSSR count). The van der Waals surface area contributed by atoms with Gasteiger partial charge in [0.15, 0.2) is 0 Å². The SMILES string of the molecule is CNC(CCN1CCC(C(C)O)C1)c1ccccc1F. The van der Waals surface area contributed by atoms with Gasteiger partial charge in [0.25, 0.3) is 0 Å². The molecule has 0 radical (unpaired) electrons. The van der Waals surface area contributed by atoms with Gasteiger partial charge in [-0.3, -0.25) is 0 Å². The summed E-state index contributed by atoms with van der Waals surface area (Å²) in [4.78, 5) is 2.36. The summed E-state index contributed by atoms with van der Waals surface area (Å²) in [6.45, 7) is 4.78. The molecule has 1 aliphatic heterocycles. The summed E-state index contributed by atoms with van der Waals surface area (Å²) >= 11 is 0. The minimum atomic E-state index is -0.230. The van der Waals surface area contributed by atoms with Gasteiger partial charge in [-0.05, 0) is 51.9 Å². The molecule has 1 aromatic rings. The average molecular weight is 280 g/mol. The van der Waals surface area contributed by atoms with E-state index < -0.39 is 0 Å². The molecule has 3 atom stereocenters. The Kier molecular flexibility index (Phi) is 5.52. The van der Waals surface area contributed by atoms with Crippen LogP contribution in [0.25, 0.3) is 0 Å². The number of aliphatic hydroxyl groups excluding tert-OH is 1. The second-order valence-corrected chi connectivity index (χ2v) is 5.74. The number of hydrogen-bond donors (Lipinski definition) is 2. The first kappa shape index (κ1) is 15.4. The predicted molar refractivity (Wildman–Crippen MR) is 79.0 cm³/mol. The van der Waals surface area contributed by atoms with Gasteiger partial charge in [0, 0.05) is 18.2 Å². The molecule has 1 aliphatic rings. The van der Waals surface area contributed by atoms with E-state index in [1.165, 1.54) is 6.07 Å². The van der Waals surface area contributed by atoms with Gasteiger partial charge in [-0.2, -0.15) is 0 Å². The largest absolute Gasteiger partial charge is 0.393 e. The van der Waals surface area contributed by atoms with E-state index in [1.807, 2.05) is 26.1 Å². The molecule has 0 saturated carbocycles. The lowest BCUT2D eigenvalue weighted by atomic mass is 10.0. The molecule has 0 spiro atoms. The molecule has 112 valence electrons. The standard InChI is InChI=1S/C16H25FN2O/c1-12(20)13-7-9-19(11-13)10-8-16(18-2)14-5-3-4-6-15(14)17/h3-6,12-13,16,18,20H,7-11H2,1-2H3. The highest BCUT2D eigenvalue weighted by Gasteiger charge is 2.26. The number of nitrogens with zero attached hydrogens (tertiary/aromatic N) is 1. The zero-order chi connectivity index (χ0) is 14.5.